The van der Waals surface area contributed by atoms with Crippen molar-refractivity contribution in [3.05, 3.63) is 0 Å². The van der Waals surface area contributed by atoms with Gasteiger partial charge in [0.15, 0.2) is 0 Å². The molecule has 4 unspecified atom stereocenters. The van der Waals surface area contributed by atoms with E-state index in [9.17, 15) is 13.6 Å². The van der Waals surface area contributed by atoms with Crippen molar-refractivity contribution in [1.82, 2.24) is 5.32 Å². The second kappa shape index (κ2) is 5.20. The first-order valence-electron chi connectivity index (χ1n) is 6.88. The number of ether oxygens (including phenoxy) is 1. The number of fused-ring (bicyclic) bond motifs is 1. The molecule has 1 saturated heterocycles. The van der Waals surface area contributed by atoms with Crippen molar-refractivity contribution in [2.45, 2.75) is 50.9 Å². The van der Waals surface area contributed by atoms with Crippen LogP contribution in [0.25, 0.3) is 0 Å². The number of halogens is 2. The molecule has 20 heavy (non-hydrogen) atoms. The monoisotopic (exact) mass is 292 g/mol. The van der Waals surface area contributed by atoms with Gasteiger partial charge in [0, 0.05) is 24.5 Å². The number of aliphatic hydroxyl groups is 1. The number of alkyl halides is 2. The highest BCUT2D eigenvalue weighted by molar-refractivity contribution is 5.89. The van der Waals surface area contributed by atoms with Crippen LogP contribution in [0.5, 0.6) is 0 Å². The number of rotatable bonds is 4. The number of carbonyl (C=O) groups excluding carboxylic acids is 1. The number of nitrogens with one attached hydrogen (secondary N) is 1. The van der Waals surface area contributed by atoms with Crippen molar-refractivity contribution >= 4 is 5.91 Å². The van der Waals surface area contributed by atoms with Crippen molar-refractivity contribution < 1.29 is 23.4 Å². The molecule has 116 valence electrons. The normalized spacial score (nSPS) is 37.0. The Hall–Kier alpha value is -0.790. The van der Waals surface area contributed by atoms with E-state index < -0.39 is 35.9 Å². The third-order valence-corrected chi connectivity index (χ3v) is 4.82. The van der Waals surface area contributed by atoms with Gasteiger partial charge in [0.1, 0.15) is 11.6 Å². The first kappa shape index (κ1) is 15.6. The minimum atomic E-state index is -2.89. The summed E-state index contributed by atoms with van der Waals surface area (Å²) >= 11 is 0. The zero-order chi connectivity index (χ0) is 15.1. The SMILES string of the molecule is CC1(C)C2OCCCC2C1(N)C(=O)NCC(O)C(F)F. The average molecular weight is 292 g/mol. The molecule has 1 aliphatic heterocycles. The Morgan fingerprint density at radius 2 is 2.20 bits per heavy atom. The molecule has 5 nitrogen and oxygen atoms in total. The predicted octanol–water partition coefficient (Wildman–Crippen LogP) is 0.261. The molecule has 4 N–H and O–H groups in total. The van der Waals surface area contributed by atoms with E-state index in [4.69, 9.17) is 15.6 Å². The lowest BCUT2D eigenvalue weighted by molar-refractivity contribution is -0.225. The van der Waals surface area contributed by atoms with Gasteiger partial charge in [-0.2, -0.15) is 0 Å². The lowest BCUT2D eigenvalue weighted by Gasteiger charge is -2.65. The summed E-state index contributed by atoms with van der Waals surface area (Å²) in [5.41, 5.74) is 4.58. The van der Waals surface area contributed by atoms with E-state index in [0.717, 1.165) is 12.8 Å². The molecule has 7 heteroatoms. The molecule has 1 saturated carbocycles. The Kier molecular flexibility index (Phi) is 4.05. The Bertz CT molecular complexity index is 392. The molecule has 0 radical (unpaired) electrons. The predicted molar refractivity (Wildman–Crippen MR) is 68.2 cm³/mol. The number of hydrogen-bond donors (Lipinski definition) is 3. The van der Waals surface area contributed by atoms with Gasteiger partial charge in [-0.1, -0.05) is 13.8 Å². The van der Waals surface area contributed by atoms with Crippen LogP contribution in [0.1, 0.15) is 26.7 Å². The molecule has 0 spiro atoms. The third-order valence-electron chi connectivity index (χ3n) is 4.82. The molecule has 0 aromatic heterocycles. The Morgan fingerprint density at radius 3 is 2.80 bits per heavy atom. The maximum absolute atomic E-state index is 12.3. The summed E-state index contributed by atoms with van der Waals surface area (Å²) in [5.74, 6) is -0.594. The van der Waals surface area contributed by atoms with E-state index in [1.807, 2.05) is 13.8 Å². The number of amides is 1. The third kappa shape index (κ3) is 2.12. The fraction of sp³-hybridized carbons (Fsp3) is 0.923. The van der Waals surface area contributed by atoms with E-state index in [0.29, 0.717) is 6.61 Å². The summed E-state index contributed by atoms with van der Waals surface area (Å²) in [6.07, 6.45) is -3.21. The van der Waals surface area contributed by atoms with Crippen LogP contribution in [0.15, 0.2) is 0 Å². The summed E-state index contributed by atoms with van der Waals surface area (Å²) in [5, 5.41) is 11.4. The van der Waals surface area contributed by atoms with Crippen LogP contribution < -0.4 is 11.1 Å². The van der Waals surface area contributed by atoms with Gasteiger partial charge in [-0.05, 0) is 12.8 Å². The van der Waals surface area contributed by atoms with Crippen LogP contribution in [0.4, 0.5) is 8.78 Å². The number of carbonyl (C=O) groups is 1. The molecule has 2 rings (SSSR count). The van der Waals surface area contributed by atoms with Crippen LogP contribution in [-0.2, 0) is 9.53 Å². The summed E-state index contributed by atoms with van der Waals surface area (Å²) in [4.78, 5) is 12.3. The van der Waals surface area contributed by atoms with Gasteiger partial charge < -0.3 is 20.9 Å². The first-order chi connectivity index (χ1) is 9.23. The van der Waals surface area contributed by atoms with E-state index in [-0.39, 0.29) is 12.0 Å². The van der Waals surface area contributed by atoms with Gasteiger partial charge in [-0.15, -0.1) is 0 Å². The van der Waals surface area contributed by atoms with Crippen LogP contribution in [-0.4, -0.2) is 48.3 Å². The van der Waals surface area contributed by atoms with Crippen molar-refractivity contribution in [2.75, 3.05) is 13.2 Å². The molecule has 0 bridgehead atoms. The zero-order valence-electron chi connectivity index (χ0n) is 11.7. The van der Waals surface area contributed by atoms with Gasteiger partial charge in [0.05, 0.1) is 6.10 Å². The summed E-state index contributed by atoms with van der Waals surface area (Å²) in [7, 11) is 0. The van der Waals surface area contributed by atoms with E-state index in [1.165, 1.54) is 0 Å². The molecule has 4 atom stereocenters. The summed E-state index contributed by atoms with van der Waals surface area (Å²) in [6.45, 7) is 3.86. The Morgan fingerprint density at radius 1 is 1.55 bits per heavy atom. The molecule has 1 aliphatic carbocycles. The fourth-order valence-electron chi connectivity index (χ4n) is 3.47. The maximum Gasteiger partial charge on any atom is 0.265 e. The van der Waals surface area contributed by atoms with Crippen LogP contribution >= 0.6 is 0 Å². The molecule has 0 aromatic rings. The minimum Gasteiger partial charge on any atom is -0.385 e. The quantitative estimate of drug-likeness (QED) is 0.694. The van der Waals surface area contributed by atoms with Gasteiger partial charge in [-0.3, -0.25) is 4.79 Å². The van der Waals surface area contributed by atoms with Crippen molar-refractivity contribution in [1.29, 1.82) is 0 Å². The highest BCUT2D eigenvalue weighted by atomic mass is 19.3. The summed E-state index contributed by atoms with van der Waals surface area (Å²) in [6, 6.07) is 0. The lowest BCUT2D eigenvalue weighted by atomic mass is 9.46. The van der Waals surface area contributed by atoms with Gasteiger partial charge in [0.25, 0.3) is 6.43 Å². The van der Waals surface area contributed by atoms with E-state index in [2.05, 4.69) is 5.32 Å². The topological polar surface area (TPSA) is 84.6 Å². The largest absolute Gasteiger partial charge is 0.385 e. The molecule has 2 aliphatic rings. The summed E-state index contributed by atoms with van der Waals surface area (Å²) < 4.78 is 30.2. The Labute approximate surface area is 116 Å². The van der Waals surface area contributed by atoms with Gasteiger partial charge in [-0.25, -0.2) is 8.78 Å². The van der Waals surface area contributed by atoms with E-state index in [1.54, 1.807) is 0 Å². The zero-order valence-corrected chi connectivity index (χ0v) is 11.7. The standard InChI is InChI=1S/C13H22F2N2O3/c1-12(2)9-7(4-3-5-20-9)13(12,16)11(19)17-6-8(18)10(14)15/h7-10,18H,3-6,16H2,1-2H3,(H,17,19). The van der Waals surface area contributed by atoms with Gasteiger partial charge >= 0.3 is 0 Å². The van der Waals surface area contributed by atoms with Crippen LogP contribution in [0, 0.1) is 11.3 Å². The maximum atomic E-state index is 12.3. The molecule has 1 amide bonds. The second-order valence-electron chi connectivity index (χ2n) is 6.24. The van der Waals surface area contributed by atoms with Crippen molar-refractivity contribution in [3.63, 3.8) is 0 Å². The second-order valence-corrected chi connectivity index (χ2v) is 6.24. The molecule has 2 fully saturated rings. The molecule has 1 heterocycles. The fourth-order valence-corrected chi connectivity index (χ4v) is 3.47. The molecular weight excluding hydrogens is 270 g/mol. The highest BCUT2D eigenvalue weighted by Gasteiger charge is 2.70. The van der Waals surface area contributed by atoms with Crippen molar-refractivity contribution in [3.8, 4) is 0 Å². The van der Waals surface area contributed by atoms with E-state index >= 15 is 0 Å². The lowest BCUT2D eigenvalue weighted by Crippen LogP contribution is -2.82. The molecule has 0 aromatic carbocycles. The van der Waals surface area contributed by atoms with Crippen LogP contribution in [0.3, 0.4) is 0 Å². The number of aliphatic hydroxyl groups excluding tert-OH is 1. The smallest absolute Gasteiger partial charge is 0.265 e. The van der Waals surface area contributed by atoms with Crippen molar-refractivity contribution in [2.24, 2.45) is 17.1 Å². The minimum absolute atomic E-state index is 0.0768. The van der Waals surface area contributed by atoms with Crippen LogP contribution in [0.2, 0.25) is 0 Å². The first-order valence-corrected chi connectivity index (χ1v) is 6.88. The molecular formula is C13H22F2N2O3. The Balaban J connectivity index is 2.04. The highest BCUT2D eigenvalue weighted by Crippen LogP contribution is 2.57. The van der Waals surface area contributed by atoms with Gasteiger partial charge in [0.2, 0.25) is 5.91 Å². The number of hydrogen-bond acceptors (Lipinski definition) is 4. The number of nitrogens with two attached hydrogens (primary N) is 1. The average Bonchev–Trinajstić information content (AvgIpc) is 2.43.